The smallest absolute Gasteiger partial charge is 0.233 e. The second kappa shape index (κ2) is 9.02. The number of benzene rings is 3. The molecule has 0 unspecified atom stereocenters. The third-order valence-corrected chi connectivity index (χ3v) is 7.01. The van der Waals surface area contributed by atoms with E-state index in [4.69, 9.17) is 4.98 Å². The summed E-state index contributed by atoms with van der Waals surface area (Å²) in [5.74, 6) is 0.0594. The predicted octanol–water partition coefficient (Wildman–Crippen LogP) is 6.41. The van der Waals surface area contributed by atoms with Gasteiger partial charge in [-0.25, -0.2) is 4.98 Å². The highest BCUT2D eigenvalue weighted by Crippen LogP contribution is 2.33. The molecule has 3 aromatic carbocycles. The fourth-order valence-electron chi connectivity index (χ4n) is 3.52. The minimum atomic E-state index is 0.0594. The van der Waals surface area contributed by atoms with Crippen LogP contribution in [0, 0.1) is 13.8 Å². The van der Waals surface area contributed by atoms with Crippen LogP contribution in [0.25, 0.3) is 10.2 Å². The van der Waals surface area contributed by atoms with Crippen molar-refractivity contribution in [2.45, 2.75) is 31.7 Å². The number of thioether (sulfide) groups is 1. The maximum absolute atomic E-state index is 13.4. The Hall–Kier alpha value is -2.63. The molecule has 0 aliphatic carbocycles. The van der Waals surface area contributed by atoms with Crippen LogP contribution in [0.15, 0.2) is 71.6 Å². The molecule has 0 bridgehead atoms. The Morgan fingerprint density at radius 3 is 2.43 bits per heavy atom. The van der Waals surface area contributed by atoms with Gasteiger partial charge in [0.2, 0.25) is 5.91 Å². The summed E-state index contributed by atoms with van der Waals surface area (Å²) >= 11 is 3.30. The van der Waals surface area contributed by atoms with Crippen molar-refractivity contribution in [2.75, 3.05) is 11.2 Å². The minimum absolute atomic E-state index is 0.0594. The van der Waals surface area contributed by atoms with Crippen LogP contribution in [-0.4, -0.2) is 17.1 Å². The van der Waals surface area contributed by atoms with E-state index in [-0.39, 0.29) is 5.91 Å². The van der Waals surface area contributed by atoms with Crippen molar-refractivity contribution in [3.05, 3.63) is 89.0 Å². The molecule has 1 aromatic heterocycles. The Bertz CT molecular complexity index is 1170. The number of aromatic nitrogens is 1. The van der Waals surface area contributed by atoms with Crippen LogP contribution in [0.1, 0.15) is 22.3 Å². The summed E-state index contributed by atoms with van der Waals surface area (Å²) in [6, 6.07) is 22.6. The van der Waals surface area contributed by atoms with Crippen LogP contribution < -0.4 is 4.90 Å². The fraction of sp³-hybridized carbons (Fsp3) is 0.200. The highest BCUT2D eigenvalue weighted by molar-refractivity contribution is 7.98. The van der Waals surface area contributed by atoms with Gasteiger partial charge >= 0.3 is 0 Å². The highest BCUT2D eigenvalue weighted by Gasteiger charge is 2.21. The summed E-state index contributed by atoms with van der Waals surface area (Å²) in [7, 11) is 0. The third kappa shape index (κ3) is 4.58. The number of hydrogen-bond acceptors (Lipinski definition) is 4. The van der Waals surface area contributed by atoms with Crippen molar-refractivity contribution in [2.24, 2.45) is 0 Å². The first kappa shape index (κ1) is 20.6. The quantitative estimate of drug-likeness (QED) is 0.330. The summed E-state index contributed by atoms with van der Waals surface area (Å²) in [6.07, 6.45) is 2.41. The average molecular weight is 433 g/mol. The van der Waals surface area contributed by atoms with Crippen LogP contribution >= 0.6 is 23.1 Å². The lowest BCUT2D eigenvalue weighted by atomic mass is 10.1. The molecule has 152 valence electrons. The van der Waals surface area contributed by atoms with E-state index in [0.717, 1.165) is 26.5 Å². The molecule has 1 amide bonds. The highest BCUT2D eigenvalue weighted by atomic mass is 32.2. The van der Waals surface area contributed by atoms with Crippen LogP contribution in [0.3, 0.4) is 0 Å². The molecule has 0 aliphatic heterocycles. The van der Waals surface area contributed by atoms with E-state index in [1.807, 2.05) is 35.2 Å². The van der Waals surface area contributed by atoms with E-state index >= 15 is 0 Å². The Kier molecular flexibility index (Phi) is 6.21. The van der Waals surface area contributed by atoms with Gasteiger partial charge in [-0.2, -0.15) is 0 Å². The van der Waals surface area contributed by atoms with Crippen LogP contribution in [0.5, 0.6) is 0 Å². The monoisotopic (exact) mass is 432 g/mol. The van der Waals surface area contributed by atoms with Crippen LogP contribution in [0.2, 0.25) is 0 Å². The van der Waals surface area contributed by atoms with Gasteiger partial charge in [0.1, 0.15) is 0 Å². The second-order valence-electron chi connectivity index (χ2n) is 7.42. The van der Waals surface area contributed by atoms with Gasteiger partial charge in [-0.15, -0.1) is 11.8 Å². The summed E-state index contributed by atoms with van der Waals surface area (Å²) in [4.78, 5) is 21.3. The van der Waals surface area contributed by atoms with Gasteiger partial charge in [0.05, 0.1) is 23.2 Å². The van der Waals surface area contributed by atoms with Crippen LogP contribution in [-0.2, 0) is 17.8 Å². The Balaban J connectivity index is 1.68. The first-order valence-corrected chi connectivity index (χ1v) is 11.9. The second-order valence-corrected chi connectivity index (χ2v) is 9.27. The van der Waals surface area contributed by atoms with E-state index in [1.54, 1.807) is 23.1 Å². The molecule has 30 heavy (non-hydrogen) atoms. The van der Waals surface area contributed by atoms with Crippen molar-refractivity contribution in [1.29, 1.82) is 0 Å². The molecule has 0 atom stereocenters. The summed E-state index contributed by atoms with van der Waals surface area (Å²) in [6.45, 7) is 4.70. The third-order valence-electron chi connectivity index (χ3n) is 5.04. The molecule has 4 aromatic rings. The molecule has 0 N–H and O–H groups in total. The lowest BCUT2D eigenvalue weighted by Crippen LogP contribution is -2.31. The van der Waals surface area contributed by atoms with Gasteiger partial charge in [-0.05, 0) is 60.6 Å². The van der Waals surface area contributed by atoms with E-state index in [0.29, 0.717) is 13.0 Å². The van der Waals surface area contributed by atoms with Crippen LogP contribution in [0.4, 0.5) is 5.13 Å². The van der Waals surface area contributed by atoms with Crippen molar-refractivity contribution in [3.8, 4) is 0 Å². The van der Waals surface area contributed by atoms with Crippen molar-refractivity contribution in [3.63, 3.8) is 0 Å². The molecule has 0 radical (unpaired) electrons. The standard InChI is InChI=1S/C25H24N2OS2/c1-17-13-18(2)24-22(14-17)26-25(30-24)27(16-20-7-5-4-6-8-20)23(28)15-19-9-11-21(29-3)12-10-19/h4-14H,15-16H2,1-3H3. The van der Waals surface area contributed by atoms with E-state index in [1.165, 1.54) is 16.0 Å². The molecular formula is C25H24N2OS2. The molecular weight excluding hydrogens is 408 g/mol. The van der Waals surface area contributed by atoms with E-state index in [2.05, 4.69) is 56.5 Å². The van der Waals surface area contributed by atoms with Gasteiger partial charge in [-0.3, -0.25) is 9.69 Å². The summed E-state index contributed by atoms with van der Waals surface area (Å²) < 4.78 is 1.14. The molecule has 4 rings (SSSR count). The Morgan fingerprint density at radius 2 is 1.73 bits per heavy atom. The van der Waals surface area contributed by atoms with Gasteiger partial charge in [0.25, 0.3) is 0 Å². The largest absolute Gasteiger partial charge is 0.283 e. The van der Waals surface area contributed by atoms with Crippen molar-refractivity contribution in [1.82, 2.24) is 4.98 Å². The number of anilines is 1. The van der Waals surface area contributed by atoms with Gasteiger partial charge < -0.3 is 0 Å². The average Bonchev–Trinajstić information content (AvgIpc) is 3.17. The molecule has 3 nitrogen and oxygen atoms in total. The number of nitrogens with zero attached hydrogens (tertiary/aromatic N) is 2. The fourth-order valence-corrected chi connectivity index (χ4v) is 4.96. The zero-order valence-corrected chi connectivity index (χ0v) is 19.0. The minimum Gasteiger partial charge on any atom is -0.283 e. The normalized spacial score (nSPS) is 11.0. The molecule has 0 aliphatic rings. The number of amides is 1. The molecule has 0 saturated heterocycles. The lowest BCUT2D eigenvalue weighted by molar-refractivity contribution is -0.118. The Morgan fingerprint density at radius 1 is 1.00 bits per heavy atom. The number of fused-ring (bicyclic) bond motifs is 1. The maximum Gasteiger partial charge on any atom is 0.233 e. The zero-order valence-electron chi connectivity index (χ0n) is 17.4. The lowest BCUT2D eigenvalue weighted by Gasteiger charge is -2.20. The molecule has 0 fully saturated rings. The van der Waals surface area contributed by atoms with E-state index in [9.17, 15) is 4.79 Å². The molecule has 0 saturated carbocycles. The van der Waals surface area contributed by atoms with Gasteiger partial charge in [0, 0.05) is 4.90 Å². The number of carbonyl (C=O) groups excluding carboxylic acids is 1. The predicted molar refractivity (Wildman–Crippen MR) is 129 cm³/mol. The molecule has 0 spiro atoms. The summed E-state index contributed by atoms with van der Waals surface area (Å²) in [5.41, 5.74) is 5.46. The number of rotatable bonds is 6. The molecule has 1 heterocycles. The Labute approximate surface area is 185 Å². The number of thiazole rings is 1. The topological polar surface area (TPSA) is 33.2 Å². The van der Waals surface area contributed by atoms with Gasteiger partial charge in [0.15, 0.2) is 5.13 Å². The number of aryl methyl sites for hydroxylation is 2. The number of hydrogen-bond donors (Lipinski definition) is 0. The maximum atomic E-state index is 13.4. The zero-order chi connectivity index (χ0) is 21.1. The first-order chi connectivity index (χ1) is 14.5. The molecule has 5 heteroatoms. The van der Waals surface area contributed by atoms with Gasteiger partial charge in [-0.1, -0.05) is 59.9 Å². The van der Waals surface area contributed by atoms with Crippen molar-refractivity contribution < 1.29 is 4.79 Å². The van der Waals surface area contributed by atoms with E-state index < -0.39 is 0 Å². The number of carbonyl (C=O) groups is 1. The summed E-state index contributed by atoms with van der Waals surface area (Å²) in [5, 5.41) is 0.758. The SMILES string of the molecule is CSc1ccc(CC(=O)N(Cc2ccccc2)c2nc3cc(C)cc(C)c3s2)cc1. The van der Waals surface area contributed by atoms with Crippen molar-refractivity contribution >= 4 is 44.4 Å². The first-order valence-electron chi connectivity index (χ1n) is 9.88.